The zero-order valence-electron chi connectivity index (χ0n) is 14.2. The molecule has 1 spiro atoms. The number of hydrogen-bond donors (Lipinski definition) is 2. The van der Waals surface area contributed by atoms with Crippen molar-refractivity contribution in [1.82, 2.24) is 15.6 Å². The predicted octanol–water partition coefficient (Wildman–Crippen LogP) is 2.07. The Hall–Kier alpha value is -2.05. The average Bonchev–Trinajstić information content (AvgIpc) is 3.13. The molecule has 0 bridgehead atoms. The molecule has 25 heavy (non-hydrogen) atoms. The number of aromatic nitrogens is 1. The first-order valence-electron chi connectivity index (χ1n) is 8.67. The summed E-state index contributed by atoms with van der Waals surface area (Å²) in [5, 5.41) is 5.22. The van der Waals surface area contributed by atoms with E-state index >= 15 is 0 Å². The first-order valence-corrected chi connectivity index (χ1v) is 8.67. The Morgan fingerprint density at radius 2 is 1.92 bits per heavy atom. The molecule has 5 nitrogen and oxygen atoms in total. The highest BCUT2D eigenvalue weighted by Gasteiger charge is 2.75. The molecule has 0 saturated heterocycles. The lowest BCUT2D eigenvalue weighted by atomic mass is 9.71. The van der Waals surface area contributed by atoms with Crippen LogP contribution in [0.5, 0.6) is 0 Å². The molecule has 0 radical (unpaired) electrons. The van der Waals surface area contributed by atoms with Gasteiger partial charge in [0.1, 0.15) is 0 Å². The van der Waals surface area contributed by atoms with E-state index < -0.39 is 23.2 Å². The smallest absolute Gasteiger partial charge is 0.309 e. The van der Waals surface area contributed by atoms with Crippen molar-refractivity contribution in [2.24, 2.45) is 11.3 Å². The fraction of sp³-hybridized carbons (Fsp3) is 0.611. The van der Waals surface area contributed by atoms with Crippen LogP contribution in [0, 0.1) is 11.3 Å². The molecular formula is C18H23F2N3O2. The summed E-state index contributed by atoms with van der Waals surface area (Å²) in [6.07, 6.45) is 5.77. The zero-order valence-corrected chi connectivity index (χ0v) is 14.2. The van der Waals surface area contributed by atoms with Crippen molar-refractivity contribution in [3.8, 4) is 0 Å². The van der Waals surface area contributed by atoms with Gasteiger partial charge in [-0.2, -0.15) is 0 Å². The number of rotatable bonds is 6. The minimum atomic E-state index is -2.52. The van der Waals surface area contributed by atoms with Crippen LogP contribution in [-0.2, 0) is 16.0 Å². The van der Waals surface area contributed by atoms with Crippen molar-refractivity contribution < 1.29 is 18.4 Å². The van der Waals surface area contributed by atoms with Crippen LogP contribution < -0.4 is 10.6 Å². The minimum Gasteiger partial charge on any atom is -0.348 e. The standard InChI is InChI=1S/C18H23F2N3O2/c1-12(2-3-13-4-6-21-7-5-13)23-16(25)15(24)22-10-14-8-17(9-14)11-18(17,19)20/h4-7,12,14H,2-3,8-11H2,1H3,(H,22,24)(H,23,25). The van der Waals surface area contributed by atoms with E-state index in [0.29, 0.717) is 19.3 Å². The lowest BCUT2D eigenvalue weighted by Crippen LogP contribution is -2.46. The van der Waals surface area contributed by atoms with Crippen molar-refractivity contribution in [3.05, 3.63) is 30.1 Å². The Labute approximate surface area is 145 Å². The van der Waals surface area contributed by atoms with Gasteiger partial charge in [-0.3, -0.25) is 14.6 Å². The Balaban J connectivity index is 1.32. The molecular weight excluding hydrogens is 328 g/mol. The molecule has 2 aliphatic carbocycles. The first-order chi connectivity index (χ1) is 11.8. The fourth-order valence-electron chi connectivity index (χ4n) is 3.62. The van der Waals surface area contributed by atoms with Crippen LogP contribution in [0.3, 0.4) is 0 Å². The van der Waals surface area contributed by atoms with Gasteiger partial charge in [0.05, 0.1) is 0 Å². The highest BCUT2D eigenvalue weighted by atomic mass is 19.3. The van der Waals surface area contributed by atoms with Crippen molar-refractivity contribution in [3.63, 3.8) is 0 Å². The number of nitrogens with one attached hydrogen (secondary N) is 2. The van der Waals surface area contributed by atoms with Gasteiger partial charge in [-0.05, 0) is 56.2 Å². The number of alkyl halides is 2. The molecule has 2 amide bonds. The number of halogens is 2. The lowest BCUT2D eigenvalue weighted by molar-refractivity contribution is -0.139. The van der Waals surface area contributed by atoms with E-state index in [1.54, 1.807) is 12.4 Å². The molecule has 1 heterocycles. The van der Waals surface area contributed by atoms with Crippen LogP contribution >= 0.6 is 0 Å². The van der Waals surface area contributed by atoms with Gasteiger partial charge in [-0.25, -0.2) is 8.78 Å². The van der Waals surface area contributed by atoms with Crippen LogP contribution in [0.25, 0.3) is 0 Å². The Morgan fingerprint density at radius 3 is 2.52 bits per heavy atom. The van der Waals surface area contributed by atoms with Crippen molar-refractivity contribution >= 4 is 11.8 Å². The monoisotopic (exact) mass is 351 g/mol. The lowest BCUT2D eigenvalue weighted by Gasteiger charge is -2.35. The number of hydrogen-bond acceptors (Lipinski definition) is 3. The molecule has 3 rings (SSSR count). The Kier molecular flexibility index (Phi) is 4.75. The van der Waals surface area contributed by atoms with E-state index in [4.69, 9.17) is 0 Å². The summed E-state index contributed by atoms with van der Waals surface area (Å²) in [4.78, 5) is 27.6. The predicted molar refractivity (Wildman–Crippen MR) is 87.9 cm³/mol. The maximum atomic E-state index is 13.1. The average molecular weight is 351 g/mol. The van der Waals surface area contributed by atoms with Crippen LogP contribution in [0.4, 0.5) is 8.78 Å². The number of nitrogens with zero attached hydrogens (tertiary/aromatic N) is 1. The summed E-state index contributed by atoms with van der Waals surface area (Å²) in [6.45, 7) is 2.13. The SMILES string of the molecule is CC(CCc1ccncc1)NC(=O)C(=O)NCC1CC2(C1)CC2(F)F. The molecule has 1 aromatic rings. The molecule has 2 saturated carbocycles. The van der Waals surface area contributed by atoms with Gasteiger partial charge >= 0.3 is 11.8 Å². The Bertz CT molecular complexity index is 645. The van der Waals surface area contributed by atoms with Gasteiger partial charge in [0.15, 0.2) is 0 Å². The summed E-state index contributed by atoms with van der Waals surface area (Å²) in [5.41, 5.74) is 0.322. The van der Waals surface area contributed by atoms with E-state index in [1.165, 1.54) is 0 Å². The maximum absolute atomic E-state index is 13.1. The third kappa shape index (κ3) is 3.96. The molecule has 1 aromatic heterocycles. The normalized spacial score (nSPS) is 27.2. The third-order valence-corrected chi connectivity index (χ3v) is 5.32. The quantitative estimate of drug-likeness (QED) is 0.771. The number of carbonyl (C=O) groups is 2. The summed E-state index contributed by atoms with van der Waals surface area (Å²) >= 11 is 0. The van der Waals surface area contributed by atoms with E-state index in [1.807, 2.05) is 19.1 Å². The molecule has 1 unspecified atom stereocenters. The second-order valence-electron chi connectivity index (χ2n) is 7.41. The molecule has 2 N–H and O–H groups in total. The van der Waals surface area contributed by atoms with Crippen molar-refractivity contribution in [1.29, 1.82) is 0 Å². The maximum Gasteiger partial charge on any atom is 0.309 e. The van der Waals surface area contributed by atoms with Gasteiger partial charge in [0.2, 0.25) is 0 Å². The largest absolute Gasteiger partial charge is 0.348 e. The van der Waals surface area contributed by atoms with Crippen LogP contribution in [-0.4, -0.2) is 35.3 Å². The zero-order chi connectivity index (χ0) is 18.1. The van der Waals surface area contributed by atoms with E-state index in [0.717, 1.165) is 12.0 Å². The Morgan fingerprint density at radius 1 is 1.28 bits per heavy atom. The highest BCUT2D eigenvalue weighted by Crippen LogP contribution is 2.72. The van der Waals surface area contributed by atoms with Crippen molar-refractivity contribution in [2.45, 2.75) is 51.0 Å². The summed E-state index contributed by atoms with van der Waals surface area (Å²) in [7, 11) is 0. The van der Waals surface area contributed by atoms with E-state index in [2.05, 4.69) is 15.6 Å². The topological polar surface area (TPSA) is 71.1 Å². The minimum absolute atomic E-state index is 0.0279. The third-order valence-electron chi connectivity index (χ3n) is 5.32. The van der Waals surface area contributed by atoms with Gasteiger partial charge in [-0.15, -0.1) is 0 Å². The fourth-order valence-corrected chi connectivity index (χ4v) is 3.62. The van der Waals surface area contributed by atoms with Crippen LogP contribution in [0.2, 0.25) is 0 Å². The van der Waals surface area contributed by atoms with E-state index in [9.17, 15) is 18.4 Å². The molecule has 136 valence electrons. The second kappa shape index (κ2) is 6.69. The molecule has 0 aliphatic heterocycles. The van der Waals surface area contributed by atoms with Gasteiger partial charge in [-0.1, -0.05) is 0 Å². The summed E-state index contributed by atoms with van der Waals surface area (Å²) in [5.74, 6) is -3.84. The van der Waals surface area contributed by atoms with Gasteiger partial charge in [0.25, 0.3) is 5.92 Å². The molecule has 7 heteroatoms. The molecule has 2 fully saturated rings. The highest BCUT2D eigenvalue weighted by molar-refractivity contribution is 6.35. The first kappa shape index (κ1) is 17.8. The van der Waals surface area contributed by atoms with Gasteiger partial charge in [0, 0.05) is 36.8 Å². The van der Waals surface area contributed by atoms with Crippen molar-refractivity contribution in [2.75, 3.05) is 6.54 Å². The number of aryl methyl sites for hydroxylation is 1. The summed E-state index contributed by atoms with van der Waals surface area (Å²) < 4.78 is 26.2. The molecule has 2 aliphatic rings. The van der Waals surface area contributed by atoms with Gasteiger partial charge < -0.3 is 10.6 Å². The molecule has 1 atom stereocenters. The number of pyridine rings is 1. The number of carbonyl (C=O) groups excluding carboxylic acids is 2. The van der Waals surface area contributed by atoms with E-state index in [-0.39, 0.29) is 24.9 Å². The summed E-state index contributed by atoms with van der Waals surface area (Å²) in [6, 6.07) is 3.69. The van der Waals surface area contributed by atoms with Crippen LogP contribution in [0.1, 0.15) is 38.2 Å². The van der Waals surface area contributed by atoms with Crippen LogP contribution in [0.15, 0.2) is 24.5 Å². The number of amides is 2. The second-order valence-corrected chi connectivity index (χ2v) is 7.41. The molecule has 0 aromatic carbocycles.